The van der Waals surface area contributed by atoms with Crippen LogP contribution in [0.25, 0.3) is 0 Å². The summed E-state index contributed by atoms with van der Waals surface area (Å²) in [6.45, 7) is 2.02. The highest BCUT2D eigenvalue weighted by Gasteiger charge is 2.01. The van der Waals surface area contributed by atoms with Gasteiger partial charge in [0.25, 0.3) is 0 Å². The summed E-state index contributed by atoms with van der Waals surface area (Å²) in [6, 6.07) is 7.99. The third-order valence-corrected chi connectivity index (χ3v) is 3.06. The molecule has 68 valence electrons. The Labute approximate surface area is 87.7 Å². The van der Waals surface area contributed by atoms with E-state index in [1.54, 1.807) is 11.8 Å². The molecule has 0 unspecified atom stereocenters. The molecule has 0 bridgehead atoms. The first kappa shape index (κ1) is 10.4. The minimum atomic E-state index is 0.615. The van der Waals surface area contributed by atoms with Crippen molar-refractivity contribution in [3.8, 4) is 6.07 Å². The van der Waals surface area contributed by atoms with Gasteiger partial charge in [0.2, 0.25) is 0 Å². The highest BCUT2D eigenvalue weighted by molar-refractivity contribution is 7.99. The monoisotopic (exact) mass is 211 g/mol. The molecule has 0 heterocycles. The minimum absolute atomic E-state index is 0.615. The Morgan fingerprint density at radius 2 is 2.31 bits per heavy atom. The molecule has 1 aromatic rings. The van der Waals surface area contributed by atoms with Crippen molar-refractivity contribution in [2.45, 2.75) is 11.8 Å². The highest BCUT2D eigenvalue weighted by atomic mass is 35.5. The Bertz CT molecular complexity index is 330. The standard InChI is InChI=1S/C10H10ClNS/c1-8-2-3-9(7-12)10(6-8)13-5-4-11/h2-3,6H,4-5H2,1H3. The van der Waals surface area contributed by atoms with E-state index >= 15 is 0 Å². The second-order valence-electron chi connectivity index (χ2n) is 2.65. The molecule has 0 aliphatic heterocycles. The van der Waals surface area contributed by atoms with E-state index in [9.17, 15) is 0 Å². The molecule has 0 aromatic heterocycles. The smallest absolute Gasteiger partial charge is 0.100 e. The first-order valence-electron chi connectivity index (χ1n) is 3.97. The maximum atomic E-state index is 8.81. The van der Waals surface area contributed by atoms with Crippen molar-refractivity contribution in [2.75, 3.05) is 11.6 Å². The molecule has 0 aliphatic rings. The number of hydrogen-bond donors (Lipinski definition) is 0. The molecule has 3 heteroatoms. The molecule has 0 spiro atoms. The van der Waals surface area contributed by atoms with Gasteiger partial charge < -0.3 is 0 Å². The van der Waals surface area contributed by atoms with E-state index in [0.29, 0.717) is 5.88 Å². The molecule has 0 aliphatic carbocycles. The highest BCUT2D eigenvalue weighted by Crippen LogP contribution is 2.23. The van der Waals surface area contributed by atoms with Crippen LogP contribution in [0.4, 0.5) is 0 Å². The summed E-state index contributed by atoms with van der Waals surface area (Å²) in [7, 11) is 0. The van der Waals surface area contributed by atoms with Gasteiger partial charge in [-0.3, -0.25) is 0 Å². The number of hydrogen-bond acceptors (Lipinski definition) is 2. The maximum Gasteiger partial charge on any atom is 0.100 e. The van der Waals surface area contributed by atoms with E-state index in [-0.39, 0.29) is 0 Å². The summed E-state index contributed by atoms with van der Waals surface area (Å²) in [5.74, 6) is 1.46. The normalized spacial score (nSPS) is 9.62. The van der Waals surface area contributed by atoms with Crippen molar-refractivity contribution in [2.24, 2.45) is 0 Å². The molecule has 0 radical (unpaired) electrons. The number of thioether (sulfide) groups is 1. The molecular formula is C10H10ClNS. The fourth-order valence-corrected chi connectivity index (χ4v) is 2.06. The summed E-state index contributed by atoms with van der Waals surface area (Å²) >= 11 is 7.21. The second-order valence-corrected chi connectivity index (χ2v) is 4.16. The lowest BCUT2D eigenvalue weighted by molar-refractivity contribution is 1.31. The minimum Gasteiger partial charge on any atom is -0.192 e. The predicted octanol–water partition coefficient (Wildman–Crippen LogP) is 3.20. The predicted molar refractivity (Wildman–Crippen MR) is 57.3 cm³/mol. The fourth-order valence-electron chi connectivity index (χ4n) is 0.990. The van der Waals surface area contributed by atoms with Gasteiger partial charge in [-0.1, -0.05) is 6.07 Å². The zero-order valence-corrected chi connectivity index (χ0v) is 8.95. The van der Waals surface area contributed by atoms with Gasteiger partial charge in [-0.25, -0.2) is 0 Å². The van der Waals surface area contributed by atoms with Gasteiger partial charge in [0.1, 0.15) is 6.07 Å². The van der Waals surface area contributed by atoms with Gasteiger partial charge in [-0.15, -0.1) is 23.4 Å². The summed E-state index contributed by atoms with van der Waals surface area (Å²) in [6.07, 6.45) is 0. The van der Waals surface area contributed by atoms with Crippen molar-refractivity contribution in [3.63, 3.8) is 0 Å². The zero-order chi connectivity index (χ0) is 9.68. The third kappa shape index (κ3) is 2.95. The summed E-state index contributed by atoms with van der Waals surface area (Å²) in [5.41, 5.74) is 1.91. The average Bonchev–Trinajstić information content (AvgIpc) is 2.15. The lowest BCUT2D eigenvalue weighted by Gasteiger charge is -2.02. The Morgan fingerprint density at radius 1 is 1.54 bits per heavy atom. The average molecular weight is 212 g/mol. The molecule has 0 N–H and O–H groups in total. The van der Waals surface area contributed by atoms with Crippen LogP contribution in [0.1, 0.15) is 11.1 Å². The first-order chi connectivity index (χ1) is 6.27. The third-order valence-electron chi connectivity index (χ3n) is 1.59. The fraction of sp³-hybridized carbons (Fsp3) is 0.300. The molecule has 0 saturated heterocycles. The lowest BCUT2D eigenvalue weighted by Crippen LogP contribution is -1.85. The zero-order valence-electron chi connectivity index (χ0n) is 7.38. The van der Waals surface area contributed by atoms with Crippen LogP contribution in [0, 0.1) is 18.3 Å². The van der Waals surface area contributed by atoms with E-state index in [0.717, 1.165) is 16.2 Å². The van der Waals surface area contributed by atoms with Crippen molar-refractivity contribution in [3.05, 3.63) is 29.3 Å². The van der Waals surface area contributed by atoms with Crippen LogP contribution in [0.3, 0.4) is 0 Å². The van der Waals surface area contributed by atoms with Gasteiger partial charge in [0, 0.05) is 16.5 Å². The van der Waals surface area contributed by atoms with Crippen LogP contribution in [0.2, 0.25) is 0 Å². The van der Waals surface area contributed by atoms with E-state index in [1.807, 2.05) is 25.1 Å². The molecule has 0 atom stereocenters. The van der Waals surface area contributed by atoms with Crippen molar-refractivity contribution in [1.82, 2.24) is 0 Å². The summed E-state index contributed by atoms with van der Waals surface area (Å²) in [4.78, 5) is 1.03. The van der Waals surface area contributed by atoms with Crippen LogP contribution in [0.15, 0.2) is 23.1 Å². The Morgan fingerprint density at radius 3 is 2.92 bits per heavy atom. The van der Waals surface area contributed by atoms with Gasteiger partial charge in [0.15, 0.2) is 0 Å². The van der Waals surface area contributed by atoms with E-state index in [4.69, 9.17) is 16.9 Å². The number of nitriles is 1. The maximum absolute atomic E-state index is 8.81. The van der Waals surface area contributed by atoms with Gasteiger partial charge >= 0.3 is 0 Å². The van der Waals surface area contributed by atoms with Crippen LogP contribution >= 0.6 is 23.4 Å². The number of nitrogens with zero attached hydrogens (tertiary/aromatic N) is 1. The molecule has 1 rings (SSSR count). The van der Waals surface area contributed by atoms with Crippen LogP contribution in [-0.4, -0.2) is 11.6 Å². The first-order valence-corrected chi connectivity index (χ1v) is 5.49. The Kier molecular flexibility index (Phi) is 4.14. The lowest BCUT2D eigenvalue weighted by atomic mass is 10.2. The number of alkyl halides is 1. The molecule has 0 saturated carbocycles. The molecular weight excluding hydrogens is 202 g/mol. The number of aryl methyl sites for hydroxylation is 1. The Balaban J connectivity index is 2.89. The van der Waals surface area contributed by atoms with Crippen LogP contribution < -0.4 is 0 Å². The SMILES string of the molecule is Cc1ccc(C#N)c(SCCCl)c1. The van der Waals surface area contributed by atoms with Crippen molar-refractivity contribution in [1.29, 1.82) is 5.26 Å². The number of rotatable bonds is 3. The molecule has 1 nitrogen and oxygen atoms in total. The van der Waals surface area contributed by atoms with Crippen molar-refractivity contribution < 1.29 is 0 Å². The molecule has 0 amide bonds. The molecule has 13 heavy (non-hydrogen) atoms. The number of halogens is 1. The van der Waals surface area contributed by atoms with E-state index in [2.05, 4.69) is 6.07 Å². The number of benzene rings is 1. The quantitative estimate of drug-likeness (QED) is 0.567. The van der Waals surface area contributed by atoms with Crippen LogP contribution in [-0.2, 0) is 0 Å². The van der Waals surface area contributed by atoms with E-state index < -0.39 is 0 Å². The summed E-state index contributed by atoms with van der Waals surface area (Å²) in [5, 5.41) is 8.81. The van der Waals surface area contributed by atoms with E-state index in [1.165, 1.54) is 5.56 Å². The van der Waals surface area contributed by atoms with Gasteiger partial charge in [0.05, 0.1) is 5.56 Å². The summed E-state index contributed by atoms with van der Waals surface area (Å²) < 4.78 is 0. The van der Waals surface area contributed by atoms with Crippen molar-refractivity contribution >= 4 is 23.4 Å². The largest absolute Gasteiger partial charge is 0.192 e. The van der Waals surface area contributed by atoms with Crippen LogP contribution in [0.5, 0.6) is 0 Å². The van der Waals surface area contributed by atoms with Gasteiger partial charge in [-0.2, -0.15) is 5.26 Å². The molecule has 1 aromatic carbocycles. The Hall–Kier alpha value is -0.650. The topological polar surface area (TPSA) is 23.8 Å². The second kappa shape index (κ2) is 5.16. The molecule has 0 fully saturated rings. The van der Waals surface area contributed by atoms with Gasteiger partial charge in [-0.05, 0) is 24.6 Å².